The quantitative estimate of drug-likeness (QED) is 0.734. The maximum atomic E-state index is 3.57. The lowest BCUT2D eigenvalue weighted by Crippen LogP contribution is -1.84. The second-order valence-electron chi connectivity index (χ2n) is 3.94. The smallest absolute Gasteiger partial charge is 0.0207 e. The van der Waals surface area contributed by atoms with E-state index in [9.17, 15) is 0 Å². The van der Waals surface area contributed by atoms with Gasteiger partial charge < -0.3 is 0 Å². The third kappa shape index (κ3) is 3.86. The Morgan fingerprint density at radius 3 is 2.35 bits per heavy atom. The molecular weight excluding hydrogens is 272 g/mol. The number of benzene rings is 2. The Labute approximate surface area is 111 Å². The van der Waals surface area contributed by atoms with E-state index >= 15 is 0 Å². The third-order valence-corrected chi connectivity index (χ3v) is 3.42. The van der Waals surface area contributed by atoms with Crippen molar-refractivity contribution in [1.29, 1.82) is 0 Å². The number of hydrogen-bond donors (Lipinski definition) is 0. The summed E-state index contributed by atoms with van der Waals surface area (Å²) in [5.41, 5.74) is 2.63. The van der Waals surface area contributed by atoms with Crippen molar-refractivity contribution in [2.24, 2.45) is 0 Å². The number of aryl methyl sites for hydroxylation is 1. The normalized spacial score (nSPS) is 10.9. The largest absolute Gasteiger partial charge is 0.0836 e. The van der Waals surface area contributed by atoms with Gasteiger partial charge in [-0.25, -0.2) is 0 Å². The second-order valence-corrected chi connectivity index (χ2v) is 4.80. The number of allylic oxidation sites excluding steroid dienone is 1. The molecule has 0 aliphatic rings. The molecular formula is C16H15Br. The summed E-state index contributed by atoms with van der Waals surface area (Å²) in [5.74, 6) is 0. The highest BCUT2D eigenvalue weighted by Gasteiger charge is 1.95. The van der Waals surface area contributed by atoms with Crippen LogP contribution in [0.3, 0.4) is 0 Å². The van der Waals surface area contributed by atoms with Crippen molar-refractivity contribution in [3.05, 3.63) is 76.3 Å². The van der Waals surface area contributed by atoms with Crippen molar-refractivity contribution in [1.82, 2.24) is 0 Å². The van der Waals surface area contributed by atoms with Gasteiger partial charge in [0.15, 0.2) is 0 Å². The molecule has 0 saturated heterocycles. The highest BCUT2D eigenvalue weighted by Crippen LogP contribution is 2.17. The molecule has 0 N–H and O–H groups in total. The lowest BCUT2D eigenvalue weighted by atomic mass is 10.1. The van der Waals surface area contributed by atoms with Gasteiger partial charge in [-0.15, -0.1) is 0 Å². The summed E-state index contributed by atoms with van der Waals surface area (Å²) in [6.45, 7) is 0. The van der Waals surface area contributed by atoms with E-state index in [2.05, 4.69) is 70.5 Å². The summed E-state index contributed by atoms with van der Waals surface area (Å²) >= 11 is 3.57. The molecule has 2 aromatic carbocycles. The first-order valence-electron chi connectivity index (χ1n) is 5.81. The predicted molar refractivity (Wildman–Crippen MR) is 77.9 cm³/mol. The Morgan fingerprint density at radius 2 is 1.59 bits per heavy atom. The standard InChI is InChI=1S/C16H15Br/c17-16-13-7-6-12-15(16)11-5-4-10-14-8-2-1-3-9-14/h1-4,6-10,12-13H,5,11H2/b10-4+. The van der Waals surface area contributed by atoms with Gasteiger partial charge in [-0.3, -0.25) is 0 Å². The van der Waals surface area contributed by atoms with Gasteiger partial charge in [0.2, 0.25) is 0 Å². The lowest BCUT2D eigenvalue weighted by molar-refractivity contribution is 0.998. The van der Waals surface area contributed by atoms with Gasteiger partial charge in [0.25, 0.3) is 0 Å². The van der Waals surface area contributed by atoms with E-state index in [1.54, 1.807) is 0 Å². The zero-order valence-electron chi connectivity index (χ0n) is 9.64. The molecule has 0 bridgehead atoms. The molecule has 17 heavy (non-hydrogen) atoms. The van der Waals surface area contributed by atoms with Crippen molar-refractivity contribution < 1.29 is 0 Å². The Bertz CT molecular complexity index is 486. The first-order valence-corrected chi connectivity index (χ1v) is 6.60. The molecule has 0 fully saturated rings. The van der Waals surface area contributed by atoms with Crippen molar-refractivity contribution >= 4 is 22.0 Å². The predicted octanol–water partition coefficient (Wildman–Crippen LogP) is 5.10. The average molecular weight is 287 g/mol. The number of halogens is 1. The number of hydrogen-bond acceptors (Lipinski definition) is 0. The van der Waals surface area contributed by atoms with Crippen LogP contribution in [0.15, 0.2) is 65.1 Å². The van der Waals surface area contributed by atoms with Crippen LogP contribution in [0.25, 0.3) is 6.08 Å². The zero-order valence-corrected chi connectivity index (χ0v) is 11.2. The van der Waals surface area contributed by atoms with E-state index in [0.29, 0.717) is 0 Å². The molecule has 0 spiro atoms. The minimum absolute atomic E-state index is 1.07. The maximum Gasteiger partial charge on any atom is 0.0207 e. The summed E-state index contributed by atoms with van der Waals surface area (Å²) in [6, 6.07) is 18.8. The van der Waals surface area contributed by atoms with Crippen LogP contribution in [0.4, 0.5) is 0 Å². The first-order chi connectivity index (χ1) is 8.36. The van der Waals surface area contributed by atoms with Crippen LogP contribution in [0.2, 0.25) is 0 Å². The van der Waals surface area contributed by atoms with Gasteiger partial charge in [-0.2, -0.15) is 0 Å². The molecule has 0 saturated carbocycles. The Balaban J connectivity index is 1.88. The van der Waals surface area contributed by atoms with Crippen LogP contribution in [0.5, 0.6) is 0 Å². The third-order valence-electron chi connectivity index (χ3n) is 2.65. The molecule has 0 amide bonds. The summed E-state index contributed by atoms with van der Waals surface area (Å²) in [5, 5.41) is 0. The molecule has 0 unspecified atom stereocenters. The molecule has 1 heteroatoms. The molecule has 2 rings (SSSR count). The average Bonchev–Trinajstić information content (AvgIpc) is 2.38. The topological polar surface area (TPSA) is 0 Å². The van der Waals surface area contributed by atoms with E-state index in [1.807, 2.05) is 12.1 Å². The Kier molecular flexibility index (Phi) is 4.57. The highest BCUT2D eigenvalue weighted by atomic mass is 79.9. The van der Waals surface area contributed by atoms with Gasteiger partial charge in [0.1, 0.15) is 0 Å². The molecule has 0 aliphatic carbocycles. The van der Waals surface area contributed by atoms with E-state index in [0.717, 1.165) is 12.8 Å². The van der Waals surface area contributed by atoms with Gasteiger partial charge in [0.05, 0.1) is 0 Å². The fourth-order valence-electron chi connectivity index (χ4n) is 1.72. The fourth-order valence-corrected chi connectivity index (χ4v) is 2.21. The molecule has 0 aliphatic heterocycles. The fraction of sp³-hybridized carbons (Fsp3) is 0.125. The van der Waals surface area contributed by atoms with Gasteiger partial charge >= 0.3 is 0 Å². The van der Waals surface area contributed by atoms with E-state index in [4.69, 9.17) is 0 Å². The Hall–Kier alpha value is -1.34. The van der Waals surface area contributed by atoms with Crippen molar-refractivity contribution in [2.75, 3.05) is 0 Å². The molecule has 0 heterocycles. The van der Waals surface area contributed by atoms with Gasteiger partial charge in [0, 0.05) is 4.47 Å². The van der Waals surface area contributed by atoms with E-state index in [1.165, 1.54) is 15.6 Å². The van der Waals surface area contributed by atoms with Crippen LogP contribution < -0.4 is 0 Å². The highest BCUT2D eigenvalue weighted by molar-refractivity contribution is 9.10. The molecule has 0 aromatic heterocycles. The summed E-state index contributed by atoms with van der Waals surface area (Å²) in [6.07, 6.45) is 6.55. The Morgan fingerprint density at radius 1 is 0.882 bits per heavy atom. The lowest BCUT2D eigenvalue weighted by Gasteiger charge is -2.01. The van der Waals surface area contributed by atoms with Crippen molar-refractivity contribution in [3.63, 3.8) is 0 Å². The molecule has 0 nitrogen and oxygen atoms in total. The summed E-state index contributed by atoms with van der Waals surface area (Å²) < 4.78 is 1.20. The minimum atomic E-state index is 1.07. The zero-order chi connectivity index (χ0) is 11.9. The molecule has 86 valence electrons. The monoisotopic (exact) mass is 286 g/mol. The van der Waals surface area contributed by atoms with E-state index in [-0.39, 0.29) is 0 Å². The number of rotatable bonds is 4. The van der Waals surface area contributed by atoms with Crippen LogP contribution in [0, 0.1) is 0 Å². The van der Waals surface area contributed by atoms with Crippen LogP contribution in [0.1, 0.15) is 17.5 Å². The second kappa shape index (κ2) is 6.41. The SMILES string of the molecule is Brc1ccccc1CC/C=C/c1ccccc1. The first kappa shape index (κ1) is 12.1. The summed E-state index contributed by atoms with van der Waals surface area (Å²) in [4.78, 5) is 0. The minimum Gasteiger partial charge on any atom is -0.0836 e. The molecule has 0 radical (unpaired) electrons. The molecule has 2 aromatic rings. The molecule has 0 atom stereocenters. The van der Waals surface area contributed by atoms with Crippen LogP contribution in [-0.4, -0.2) is 0 Å². The van der Waals surface area contributed by atoms with Crippen molar-refractivity contribution in [3.8, 4) is 0 Å². The maximum absolute atomic E-state index is 3.57. The van der Waals surface area contributed by atoms with Crippen LogP contribution >= 0.6 is 15.9 Å². The van der Waals surface area contributed by atoms with Gasteiger partial charge in [-0.05, 0) is 30.0 Å². The van der Waals surface area contributed by atoms with Gasteiger partial charge in [-0.1, -0.05) is 76.6 Å². The summed E-state index contributed by atoms with van der Waals surface area (Å²) in [7, 11) is 0. The van der Waals surface area contributed by atoms with E-state index < -0.39 is 0 Å². The van der Waals surface area contributed by atoms with Crippen molar-refractivity contribution in [2.45, 2.75) is 12.8 Å². The van der Waals surface area contributed by atoms with Crippen LogP contribution in [-0.2, 0) is 6.42 Å².